The number of carbonyl (C=O) groups is 1. The fraction of sp³-hybridized carbons (Fsp3) is 0.0417. The van der Waals surface area contributed by atoms with Gasteiger partial charge in [-0.05, 0) is 30.3 Å². The van der Waals surface area contributed by atoms with Gasteiger partial charge in [0, 0.05) is 21.8 Å². The summed E-state index contributed by atoms with van der Waals surface area (Å²) in [4.78, 5) is 12.5. The van der Waals surface area contributed by atoms with Crippen LogP contribution >= 0.6 is 34.7 Å². The molecule has 5 nitrogen and oxygen atoms in total. The van der Waals surface area contributed by atoms with E-state index >= 15 is 0 Å². The van der Waals surface area contributed by atoms with Gasteiger partial charge in [-0.15, -0.1) is 21.5 Å². The number of nitrogens with zero attached hydrogens (tertiary/aromatic N) is 3. The minimum absolute atomic E-state index is 0.0557. The van der Waals surface area contributed by atoms with E-state index in [1.807, 2.05) is 59.2 Å². The van der Waals surface area contributed by atoms with E-state index in [1.165, 1.54) is 17.4 Å². The Morgan fingerprint density at radius 3 is 2.59 bits per heavy atom. The molecule has 0 aliphatic carbocycles. The molecule has 2 aromatic heterocycles. The number of hydrogen-bond donors (Lipinski definition) is 1. The summed E-state index contributed by atoms with van der Waals surface area (Å²) in [6.07, 6.45) is 0. The third kappa shape index (κ3) is 4.42. The number of rotatable bonds is 6. The number of anilines is 1. The van der Waals surface area contributed by atoms with Gasteiger partial charge in [0.05, 0.1) is 17.0 Å². The first-order chi connectivity index (χ1) is 16.5. The van der Waals surface area contributed by atoms with Crippen LogP contribution in [0.1, 0.15) is 0 Å². The van der Waals surface area contributed by atoms with E-state index < -0.39 is 17.5 Å². The highest BCUT2D eigenvalue weighted by atomic mass is 35.5. The van der Waals surface area contributed by atoms with Crippen molar-refractivity contribution in [3.8, 4) is 17.1 Å². The third-order valence-electron chi connectivity index (χ3n) is 4.96. The first-order valence-electron chi connectivity index (χ1n) is 10.1. The van der Waals surface area contributed by atoms with E-state index in [1.54, 1.807) is 0 Å². The molecule has 0 fully saturated rings. The summed E-state index contributed by atoms with van der Waals surface area (Å²) in [5.41, 5.74) is 1.48. The zero-order valence-corrected chi connectivity index (χ0v) is 19.7. The van der Waals surface area contributed by atoms with Crippen molar-refractivity contribution >= 4 is 56.4 Å². The Morgan fingerprint density at radius 1 is 1.03 bits per heavy atom. The Labute approximate surface area is 206 Å². The van der Waals surface area contributed by atoms with Crippen LogP contribution in [-0.4, -0.2) is 26.4 Å². The molecule has 2 heterocycles. The standard InChI is InChI=1S/C24H15ClF2N4OS2/c25-22-21(16-8-4-5-9-19(16)34-22)23-29-30-24(31(23)15-6-2-1-3-7-15)33-13-20(32)28-18-11-10-14(26)12-17(18)27/h1-12H,13H2,(H,28,32). The molecule has 0 bridgehead atoms. The van der Waals surface area contributed by atoms with Crippen molar-refractivity contribution in [3.05, 3.63) is 88.8 Å². The number of aromatic nitrogens is 3. The molecule has 0 aliphatic heterocycles. The molecule has 0 spiro atoms. The van der Waals surface area contributed by atoms with Gasteiger partial charge in [-0.25, -0.2) is 8.78 Å². The molecule has 0 aliphatic rings. The molecular formula is C24H15ClF2N4OS2. The number of fused-ring (bicyclic) bond motifs is 1. The predicted octanol–water partition coefficient (Wildman–Crippen LogP) is 6.81. The lowest BCUT2D eigenvalue weighted by Crippen LogP contribution is -2.15. The Morgan fingerprint density at radius 2 is 1.79 bits per heavy atom. The summed E-state index contributed by atoms with van der Waals surface area (Å²) >= 11 is 9.23. The molecule has 1 N–H and O–H groups in total. The topological polar surface area (TPSA) is 59.8 Å². The maximum absolute atomic E-state index is 13.9. The van der Waals surface area contributed by atoms with Crippen molar-refractivity contribution in [2.45, 2.75) is 5.16 Å². The fourth-order valence-electron chi connectivity index (χ4n) is 3.47. The van der Waals surface area contributed by atoms with E-state index in [4.69, 9.17) is 11.6 Å². The summed E-state index contributed by atoms with van der Waals surface area (Å²) in [5.74, 6) is -1.51. The molecule has 0 unspecified atom stereocenters. The van der Waals surface area contributed by atoms with Crippen LogP contribution in [0, 0.1) is 11.6 Å². The minimum Gasteiger partial charge on any atom is -0.323 e. The monoisotopic (exact) mass is 512 g/mol. The molecule has 0 saturated carbocycles. The van der Waals surface area contributed by atoms with Crippen LogP contribution in [-0.2, 0) is 4.79 Å². The van der Waals surface area contributed by atoms with Gasteiger partial charge in [-0.1, -0.05) is 59.8 Å². The Bertz CT molecular complexity index is 1500. The van der Waals surface area contributed by atoms with Crippen LogP contribution in [0.15, 0.2) is 78.0 Å². The fourth-order valence-corrected chi connectivity index (χ4v) is 5.58. The average Bonchev–Trinajstić information content (AvgIpc) is 3.39. The van der Waals surface area contributed by atoms with Crippen LogP contribution in [0.25, 0.3) is 27.2 Å². The molecule has 34 heavy (non-hydrogen) atoms. The molecule has 10 heteroatoms. The second-order valence-electron chi connectivity index (χ2n) is 7.19. The van der Waals surface area contributed by atoms with E-state index in [2.05, 4.69) is 15.5 Å². The predicted molar refractivity (Wildman–Crippen MR) is 133 cm³/mol. The SMILES string of the molecule is O=C(CSc1nnc(-c2c(Cl)sc3ccccc23)n1-c1ccccc1)Nc1ccc(F)cc1F. The van der Waals surface area contributed by atoms with Gasteiger partial charge in [0.25, 0.3) is 0 Å². The van der Waals surface area contributed by atoms with Gasteiger partial charge in [0.2, 0.25) is 5.91 Å². The van der Waals surface area contributed by atoms with Crippen molar-refractivity contribution in [2.24, 2.45) is 0 Å². The van der Waals surface area contributed by atoms with Gasteiger partial charge < -0.3 is 5.32 Å². The zero-order valence-electron chi connectivity index (χ0n) is 17.3. The lowest BCUT2D eigenvalue weighted by molar-refractivity contribution is -0.113. The second-order valence-corrected chi connectivity index (χ2v) is 9.78. The lowest BCUT2D eigenvalue weighted by atomic mass is 10.1. The maximum atomic E-state index is 13.9. The largest absolute Gasteiger partial charge is 0.323 e. The number of hydrogen-bond acceptors (Lipinski definition) is 5. The number of halogens is 3. The van der Waals surface area contributed by atoms with Crippen molar-refractivity contribution < 1.29 is 13.6 Å². The normalized spacial score (nSPS) is 11.1. The summed E-state index contributed by atoms with van der Waals surface area (Å²) in [6, 6.07) is 20.4. The highest BCUT2D eigenvalue weighted by Crippen LogP contribution is 2.42. The summed E-state index contributed by atoms with van der Waals surface area (Å²) in [6.45, 7) is 0. The van der Waals surface area contributed by atoms with Crippen molar-refractivity contribution in [1.29, 1.82) is 0 Å². The second kappa shape index (κ2) is 9.54. The number of carbonyl (C=O) groups excluding carboxylic acids is 1. The highest BCUT2D eigenvalue weighted by Gasteiger charge is 2.22. The van der Waals surface area contributed by atoms with Crippen molar-refractivity contribution in [3.63, 3.8) is 0 Å². The van der Waals surface area contributed by atoms with Crippen LogP contribution < -0.4 is 5.32 Å². The van der Waals surface area contributed by atoms with Crippen molar-refractivity contribution in [2.75, 3.05) is 11.1 Å². The van der Waals surface area contributed by atoms with Gasteiger partial charge in [-0.3, -0.25) is 9.36 Å². The lowest BCUT2D eigenvalue weighted by Gasteiger charge is -2.11. The Kier molecular flexibility index (Phi) is 6.32. The number of amides is 1. The Balaban J connectivity index is 1.48. The summed E-state index contributed by atoms with van der Waals surface area (Å²) in [5, 5.41) is 12.6. The quantitative estimate of drug-likeness (QED) is 0.254. The Hall–Kier alpha value is -3.27. The molecule has 0 radical (unpaired) electrons. The van der Waals surface area contributed by atoms with Gasteiger partial charge in [0.15, 0.2) is 11.0 Å². The zero-order chi connectivity index (χ0) is 23.7. The molecule has 0 atom stereocenters. The van der Waals surface area contributed by atoms with E-state index in [9.17, 15) is 13.6 Å². The van der Waals surface area contributed by atoms with Crippen LogP contribution in [0.3, 0.4) is 0 Å². The molecule has 5 rings (SSSR count). The molecule has 3 aromatic carbocycles. The number of benzene rings is 3. The number of thioether (sulfide) groups is 1. The van der Waals surface area contributed by atoms with Crippen molar-refractivity contribution in [1.82, 2.24) is 14.8 Å². The molecule has 170 valence electrons. The molecular weight excluding hydrogens is 498 g/mol. The first-order valence-corrected chi connectivity index (χ1v) is 12.2. The van der Waals surface area contributed by atoms with Crippen LogP contribution in [0.4, 0.5) is 14.5 Å². The first kappa shape index (κ1) is 22.5. The minimum atomic E-state index is -0.841. The highest BCUT2D eigenvalue weighted by molar-refractivity contribution is 7.99. The summed E-state index contributed by atoms with van der Waals surface area (Å²) in [7, 11) is 0. The third-order valence-corrected chi connectivity index (χ3v) is 7.27. The number of para-hydroxylation sites is 1. The molecule has 1 amide bonds. The average molecular weight is 513 g/mol. The number of thiophene rings is 1. The van der Waals surface area contributed by atoms with Crippen LogP contribution in [0.5, 0.6) is 0 Å². The van der Waals surface area contributed by atoms with E-state index in [0.29, 0.717) is 15.3 Å². The van der Waals surface area contributed by atoms with Gasteiger partial charge in [-0.2, -0.15) is 0 Å². The van der Waals surface area contributed by atoms with Crippen LogP contribution in [0.2, 0.25) is 4.34 Å². The maximum Gasteiger partial charge on any atom is 0.234 e. The molecule has 0 saturated heterocycles. The van der Waals surface area contributed by atoms with Gasteiger partial charge in [0.1, 0.15) is 16.0 Å². The van der Waals surface area contributed by atoms with Gasteiger partial charge >= 0.3 is 0 Å². The summed E-state index contributed by atoms with van der Waals surface area (Å²) < 4.78 is 30.5. The smallest absolute Gasteiger partial charge is 0.234 e. The number of nitrogens with one attached hydrogen (secondary N) is 1. The molecule has 5 aromatic rings. The van der Waals surface area contributed by atoms with E-state index in [-0.39, 0.29) is 11.4 Å². The van der Waals surface area contributed by atoms with E-state index in [0.717, 1.165) is 45.2 Å².